The molecule has 0 aliphatic heterocycles. The second-order valence-electron chi connectivity index (χ2n) is 4.67. The number of benzene rings is 2. The minimum atomic E-state index is 0.592. The summed E-state index contributed by atoms with van der Waals surface area (Å²) in [4.78, 5) is 0. The average Bonchev–Trinajstić information content (AvgIpc) is 2.48. The summed E-state index contributed by atoms with van der Waals surface area (Å²) < 4.78 is 5.91. The third-order valence-corrected chi connectivity index (χ3v) is 3.06. The molecule has 104 valence electrons. The molecule has 0 unspecified atom stereocenters. The fraction of sp³-hybridized carbons (Fsp3) is 0.222. The molecular weight excluding hydrogens is 246 g/mol. The van der Waals surface area contributed by atoms with Gasteiger partial charge >= 0.3 is 0 Å². The lowest BCUT2D eigenvalue weighted by Crippen LogP contribution is -2.05. The van der Waals surface area contributed by atoms with Gasteiger partial charge in [0.25, 0.3) is 0 Å². The molecule has 0 aliphatic carbocycles. The smallest absolute Gasteiger partial charge is 0.127 e. The molecule has 2 heteroatoms. The van der Waals surface area contributed by atoms with E-state index in [9.17, 15) is 0 Å². The lowest BCUT2D eigenvalue weighted by atomic mass is 10.1. The van der Waals surface area contributed by atoms with Crippen LogP contribution in [0.4, 0.5) is 0 Å². The molecule has 0 fully saturated rings. The molecule has 2 rings (SSSR count). The first-order valence-corrected chi connectivity index (χ1v) is 6.90. The van der Waals surface area contributed by atoms with E-state index < -0.39 is 0 Å². The van der Waals surface area contributed by atoms with E-state index in [0.717, 1.165) is 17.9 Å². The van der Waals surface area contributed by atoms with Crippen molar-refractivity contribution in [2.75, 3.05) is 7.05 Å². The molecule has 0 aliphatic rings. The number of nitrogens with one attached hydrogen (secondary N) is 1. The van der Waals surface area contributed by atoms with Gasteiger partial charge in [0.1, 0.15) is 12.4 Å². The van der Waals surface area contributed by atoms with Crippen molar-refractivity contribution in [2.24, 2.45) is 0 Å². The number of rotatable bonds is 6. The number of para-hydroxylation sites is 1. The summed E-state index contributed by atoms with van der Waals surface area (Å²) >= 11 is 0. The van der Waals surface area contributed by atoms with Crippen molar-refractivity contribution in [1.82, 2.24) is 5.32 Å². The second kappa shape index (κ2) is 7.51. The zero-order valence-corrected chi connectivity index (χ0v) is 12.1. The summed E-state index contributed by atoms with van der Waals surface area (Å²) in [6, 6.07) is 16.6. The van der Waals surface area contributed by atoms with Crippen LogP contribution in [0.25, 0.3) is 6.08 Å². The minimum Gasteiger partial charge on any atom is -0.488 e. The highest BCUT2D eigenvalue weighted by Gasteiger charge is 2.00. The fourth-order valence-corrected chi connectivity index (χ4v) is 2.05. The summed E-state index contributed by atoms with van der Waals surface area (Å²) in [6.45, 7) is 3.50. The quantitative estimate of drug-likeness (QED) is 0.853. The Morgan fingerprint density at radius 2 is 1.70 bits per heavy atom. The zero-order valence-electron chi connectivity index (χ0n) is 12.1. The highest BCUT2D eigenvalue weighted by molar-refractivity contribution is 5.56. The number of ether oxygens (including phenoxy) is 1. The topological polar surface area (TPSA) is 21.3 Å². The van der Waals surface area contributed by atoms with Gasteiger partial charge in [0.15, 0.2) is 0 Å². The number of hydrogen-bond donors (Lipinski definition) is 1. The maximum absolute atomic E-state index is 5.91. The summed E-state index contributed by atoms with van der Waals surface area (Å²) in [5.74, 6) is 0.921. The van der Waals surface area contributed by atoms with Gasteiger partial charge in [0.2, 0.25) is 0 Å². The highest BCUT2D eigenvalue weighted by Crippen LogP contribution is 2.20. The first-order chi connectivity index (χ1) is 9.83. The van der Waals surface area contributed by atoms with Crippen molar-refractivity contribution in [3.63, 3.8) is 0 Å². The molecule has 0 amide bonds. The molecule has 2 nitrogen and oxygen atoms in total. The van der Waals surface area contributed by atoms with Crippen molar-refractivity contribution >= 4 is 6.08 Å². The van der Waals surface area contributed by atoms with E-state index in [1.165, 1.54) is 11.1 Å². The molecule has 0 bridgehead atoms. The van der Waals surface area contributed by atoms with Crippen molar-refractivity contribution in [2.45, 2.75) is 20.1 Å². The van der Waals surface area contributed by atoms with Crippen LogP contribution in [0.3, 0.4) is 0 Å². The van der Waals surface area contributed by atoms with Gasteiger partial charge < -0.3 is 10.1 Å². The fourth-order valence-electron chi connectivity index (χ4n) is 2.05. The highest BCUT2D eigenvalue weighted by atomic mass is 16.5. The maximum Gasteiger partial charge on any atom is 0.127 e. The lowest BCUT2D eigenvalue weighted by Gasteiger charge is -2.09. The van der Waals surface area contributed by atoms with E-state index in [0.29, 0.717) is 6.61 Å². The molecule has 0 atom stereocenters. The second-order valence-corrected chi connectivity index (χ2v) is 4.67. The van der Waals surface area contributed by atoms with Crippen molar-refractivity contribution in [3.05, 3.63) is 71.3 Å². The molecule has 1 N–H and O–H groups in total. The summed E-state index contributed by atoms with van der Waals surface area (Å²) in [5, 5.41) is 3.14. The van der Waals surface area contributed by atoms with E-state index in [1.54, 1.807) is 0 Å². The molecule has 20 heavy (non-hydrogen) atoms. The Morgan fingerprint density at radius 1 is 1.00 bits per heavy atom. The molecular formula is C18H21NO. The number of hydrogen-bond acceptors (Lipinski definition) is 2. The van der Waals surface area contributed by atoms with E-state index in [2.05, 4.69) is 41.7 Å². The van der Waals surface area contributed by atoms with Gasteiger partial charge in [-0.15, -0.1) is 0 Å². The van der Waals surface area contributed by atoms with Gasteiger partial charge in [0, 0.05) is 12.1 Å². The van der Waals surface area contributed by atoms with Crippen molar-refractivity contribution < 1.29 is 4.74 Å². The van der Waals surface area contributed by atoms with E-state index in [1.807, 2.05) is 38.2 Å². The lowest BCUT2D eigenvalue weighted by molar-refractivity contribution is 0.305. The Bertz CT molecular complexity index is 558. The van der Waals surface area contributed by atoms with E-state index >= 15 is 0 Å². The van der Waals surface area contributed by atoms with Gasteiger partial charge in [-0.2, -0.15) is 0 Å². The Morgan fingerprint density at radius 3 is 2.40 bits per heavy atom. The first kappa shape index (κ1) is 14.4. The normalized spacial score (nSPS) is 10.9. The predicted octanol–water partition coefficient (Wildman–Crippen LogP) is 4.02. The molecule has 0 aromatic heterocycles. The van der Waals surface area contributed by atoms with E-state index in [4.69, 9.17) is 4.74 Å². The molecule has 2 aromatic rings. The predicted molar refractivity (Wildman–Crippen MR) is 84.7 cm³/mol. The molecule has 2 aromatic carbocycles. The van der Waals surface area contributed by atoms with Crippen LogP contribution < -0.4 is 10.1 Å². The summed E-state index contributed by atoms with van der Waals surface area (Å²) in [5.41, 5.74) is 3.58. The summed E-state index contributed by atoms with van der Waals surface area (Å²) in [7, 11) is 1.95. The average molecular weight is 267 g/mol. The molecule has 0 saturated heterocycles. The van der Waals surface area contributed by atoms with Crippen LogP contribution in [0.1, 0.15) is 23.6 Å². The van der Waals surface area contributed by atoms with Crippen LogP contribution in [0.2, 0.25) is 0 Å². The number of allylic oxidation sites excluding steroid dienone is 1. The molecule has 0 spiro atoms. The monoisotopic (exact) mass is 267 g/mol. The largest absolute Gasteiger partial charge is 0.488 e. The standard InChI is InChI=1S/C18H21NO/c1-3-6-17-7-4-5-8-18(17)20-14-16-11-9-15(10-12-16)13-19-2/h3-12,19H,13-14H2,1-2H3/b6-3+. The van der Waals surface area contributed by atoms with Gasteiger partial charge in [-0.3, -0.25) is 0 Å². The Labute approximate surface area is 121 Å². The first-order valence-electron chi connectivity index (χ1n) is 6.90. The third kappa shape index (κ3) is 3.97. The van der Waals surface area contributed by atoms with Crippen molar-refractivity contribution in [1.29, 1.82) is 0 Å². The van der Waals surface area contributed by atoms with Crippen LogP contribution >= 0.6 is 0 Å². The molecule has 0 radical (unpaired) electrons. The molecule has 0 heterocycles. The zero-order chi connectivity index (χ0) is 14.2. The van der Waals surface area contributed by atoms with Crippen LogP contribution in [-0.2, 0) is 13.2 Å². The SMILES string of the molecule is C/C=C/c1ccccc1OCc1ccc(CNC)cc1. The Kier molecular flexibility index (Phi) is 5.39. The van der Waals surface area contributed by atoms with Gasteiger partial charge in [-0.05, 0) is 31.2 Å². The van der Waals surface area contributed by atoms with E-state index in [-0.39, 0.29) is 0 Å². The minimum absolute atomic E-state index is 0.592. The Balaban J connectivity index is 2.01. The third-order valence-electron chi connectivity index (χ3n) is 3.06. The molecule has 0 saturated carbocycles. The van der Waals surface area contributed by atoms with Crippen LogP contribution in [0.5, 0.6) is 5.75 Å². The van der Waals surface area contributed by atoms with Gasteiger partial charge in [0.05, 0.1) is 0 Å². The van der Waals surface area contributed by atoms with Crippen LogP contribution in [-0.4, -0.2) is 7.05 Å². The van der Waals surface area contributed by atoms with Crippen molar-refractivity contribution in [3.8, 4) is 5.75 Å². The maximum atomic E-state index is 5.91. The van der Waals surface area contributed by atoms with Gasteiger partial charge in [-0.25, -0.2) is 0 Å². The van der Waals surface area contributed by atoms with Gasteiger partial charge in [-0.1, -0.05) is 54.6 Å². The Hall–Kier alpha value is -2.06. The summed E-state index contributed by atoms with van der Waals surface area (Å²) in [6.07, 6.45) is 4.08. The van der Waals surface area contributed by atoms with Crippen LogP contribution in [0.15, 0.2) is 54.6 Å². The van der Waals surface area contributed by atoms with Crippen LogP contribution in [0, 0.1) is 0 Å².